The van der Waals surface area contributed by atoms with Gasteiger partial charge in [-0.05, 0) is 31.4 Å². The van der Waals surface area contributed by atoms with Crippen LogP contribution in [0.3, 0.4) is 0 Å². The maximum absolute atomic E-state index is 12.4. The number of nitro benzene ring substituents is 1. The Morgan fingerprint density at radius 3 is 2.81 bits per heavy atom. The number of amides is 1. The number of nitro groups is 1. The summed E-state index contributed by atoms with van der Waals surface area (Å²) < 4.78 is 10.5. The Labute approximate surface area is 150 Å². The summed E-state index contributed by atoms with van der Waals surface area (Å²) in [6, 6.07) is 4.25. The van der Waals surface area contributed by atoms with Crippen molar-refractivity contribution in [1.82, 2.24) is 5.32 Å². The molecule has 2 heterocycles. The summed E-state index contributed by atoms with van der Waals surface area (Å²) >= 11 is 0. The third-order valence-electron chi connectivity index (χ3n) is 4.49. The summed E-state index contributed by atoms with van der Waals surface area (Å²) in [6.45, 7) is 2.65. The second-order valence-electron chi connectivity index (χ2n) is 6.24. The van der Waals surface area contributed by atoms with Crippen molar-refractivity contribution in [3.05, 3.63) is 33.9 Å². The molecule has 0 saturated carbocycles. The van der Waals surface area contributed by atoms with Gasteiger partial charge in [-0.1, -0.05) is 0 Å². The van der Waals surface area contributed by atoms with Gasteiger partial charge in [-0.2, -0.15) is 0 Å². The topological polar surface area (TPSA) is 111 Å². The zero-order valence-electron chi connectivity index (χ0n) is 14.3. The van der Waals surface area contributed by atoms with Crippen molar-refractivity contribution in [2.75, 3.05) is 37.7 Å². The molecule has 2 aliphatic rings. The lowest BCUT2D eigenvalue weighted by Crippen LogP contribution is -2.37. The van der Waals surface area contributed by atoms with Gasteiger partial charge >= 0.3 is 5.97 Å². The number of carbonyl (C=O) groups is 2. The summed E-state index contributed by atoms with van der Waals surface area (Å²) in [7, 11) is 0. The molecule has 140 valence electrons. The first kappa shape index (κ1) is 18.1. The summed E-state index contributed by atoms with van der Waals surface area (Å²) in [5.74, 6) is -1.06. The van der Waals surface area contributed by atoms with E-state index in [0.29, 0.717) is 45.0 Å². The lowest BCUT2D eigenvalue weighted by molar-refractivity contribution is -0.384. The zero-order valence-corrected chi connectivity index (χ0v) is 14.3. The van der Waals surface area contributed by atoms with Gasteiger partial charge in [-0.3, -0.25) is 14.9 Å². The molecular weight excluding hydrogens is 342 g/mol. The number of morpholine rings is 1. The van der Waals surface area contributed by atoms with Crippen molar-refractivity contribution >= 4 is 23.3 Å². The number of hydrogen-bond acceptors (Lipinski definition) is 7. The van der Waals surface area contributed by atoms with Crippen LogP contribution in [-0.2, 0) is 14.3 Å². The Morgan fingerprint density at radius 1 is 1.31 bits per heavy atom. The average Bonchev–Trinajstić information content (AvgIpc) is 2.86. The molecule has 9 heteroatoms. The van der Waals surface area contributed by atoms with Crippen LogP contribution >= 0.6 is 0 Å². The number of nitrogens with zero attached hydrogens (tertiary/aromatic N) is 2. The van der Waals surface area contributed by atoms with Gasteiger partial charge in [-0.15, -0.1) is 0 Å². The minimum Gasteiger partial charge on any atom is -0.449 e. The first-order chi connectivity index (χ1) is 12.6. The standard InChI is InChI=1S/C17H21N3O6/c21-16-15(3-1-2-6-18-16)26-17(22)12-4-5-13(14(11-12)20(23)24)19-7-9-25-10-8-19/h4-5,11,15H,1-3,6-10H2,(H,18,21). The van der Waals surface area contributed by atoms with Crippen molar-refractivity contribution in [1.29, 1.82) is 0 Å². The monoisotopic (exact) mass is 363 g/mol. The Kier molecular flexibility index (Phi) is 5.67. The van der Waals surface area contributed by atoms with Crippen LogP contribution in [0.15, 0.2) is 18.2 Å². The Morgan fingerprint density at radius 2 is 2.08 bits per heavy atom. The van der Waals surface area contributed by atoms with E-state index in [-0.39, 0.29) is 17.2 Å². The Balaban J connectivity index is 1.78. The highest BCUT2D eigenvalue weighted by molar-refractivity contribution is 5.94. The van der Waals surface area contributed by atoms with Crippen molar-refractivity contribution in [2.45, 2.75) is 25.4 Å². The summed E-state index contributed by atoms with van der Waals surface area (Å²) in [5.41, 5.74) is 0.347. The van der Waals surface area contributed by atoms with Gasteiger partial charge in [0.25, 0.3) is 11.6 Å². The van der Waals surface area contributed by atoms with Crippen LogP contribution in [-0.4, -0.2) is 55.8 Å². The van der Waals surface area contributed by atoms with Crippen molar-refractivity contribution in [3.8, 4) is 0 Å². The van der Waals surface area contributed by atoms with Gasteiger partial charge in [0.2, 0.25) is 0 Å². The number of esters is 1. The van der Waals surface area contributed by atoms with E-state index in [1.54, 1.807) is 6.07 Å². The van der Waals surface area contributed by atoms with Gasteiger partial charge in [0.05, 0.1) is 23.7 Å². The zero-order chi connectivity index (χ0) is 18.5. The molecule has 2 saturated heterocycles. The molecule has 0 bridgehead atoms. The second-order valence-corrected chi connectivity index (χ2v) is 6.24. The molecule has 0 aromatic heterocycles. The fourth-order valence-electron chi connectivity index (χ4n) is 3.09. The molecule has 1 atom stereocenters. The van der Waals surface area contributed by atoms with Crippen LogP contribution in [0, 0.1) is 10.1 Å². The van der Waals surface area contributed by atoms with Gasteiger partial charge < -0.3 is 19.7 Å². The minimum absolute atomic E-state index is 0.0609. The molecule has 2 aliphatic heterocycles. The fraction of sp³-hybridized carbons (Fsp3) is 0.529. The van der Waals surface area contributed by atoms with Crippen molar-refractivity contribution in [3.63, 3.8) is 0 Å². The highest BCUT2D eigenvalue weighted by Gasteiger charge is 2.27. The molecule has 26 heavy (non-hydrogen) atoms. The highest BCUT2D eigenvalue weighted by atomic mass is 16.6. The average molecular weight is 363 g/mol. The molecular formula is C17H21N3O6. The van der Waals surface area contributed by atoms with E-state index in [9.17, 15) is 19.7 Å². The van der Waals surface area contributed by atoms with E-state index in [4.69, 9.17) is 9.47 Å². The number of nitrogens with one attached hydrogen (secondary N) is 1. The van der Waals surface area contributed by atoms with Crippen LogP contribution in [0.25, 0.3) is 0 Å². The first-order valence-electron chi connectivity index (χ1n) is 8.66. The van der Waals surface area contributed by atoms with Crippen LogP contribution in [0.2, 0.25) is 0 Å². The number of hydrogen-bond donors (Lipinski definition) is 1. The summed E-state index contributed by atoms with van der Waals surface area (Å²) in [4.78, 5) is 37.1. The maximum Gasteiger partial charge on any atom is 0.339 e. The van der Waals surface area contributed by atoms with E-state index in [0.717, 1.165) is 12.8 Å². The number of carbonyl (C=O) groups excluding carboxylic acids is 2. The molecule has 2 fully saturated rings. The van der Waals surface area contributed by atoms with Gasteiger partial charge in [-0.25, -0.2) is 4.79 Å². The first-order valence-corrected chi connectivity index (χ1v) is 8.66. The van der Waals surface area contributed by atoms with Gasteiger partial charge in [0.15, 0.2) is 6.10 Å². The van der Waals surface area contributed by atoms with E-state index in [1.165, 1.54) is 12.1 Å². The molecule has 3 rings (SSSR count). The third kappa shape index (κ3) is 4.10. The molecule has 0 aliphatic carbocycles. The Hall–Kier alpha value is -2.68. The summed E-state index contributed by atoms with van der Waals surface area (Å²) in [5, 5.41) is 14.1. The van der Waals surface area contributed by atoms with E-state index >= 15 is 0 Å². The third-order valence-corrected chi connectivity index (χ3v) is 4.49. The molecule has 1 amide bonds. The van der Waals surface area contributed by atoms with Crippen molar-refractivity contribution < 1.29 is 24.0 Å². The molecule has 9 nitrogen and oxygen atoms in total. The number of ether oxygens (including phenoxy) is 2. The normalized spacial score (nSPS) is 20.8. The number of anilines is 1. The quantitative estimate of drug-likeness (QED) is 0.487. The molecule has 1 N–H and O–H groups in total. The lowest BCUT2D eigenvalue weighted by Gasteiger charge is -2.28. The van der Waals surface area contributed by atoms with E-state index < -0.39 is 17.0 Å². The predicted octanol–water partition coefficient (Wildman–Crippen LogP) is 1.26. The number of rotatable bonds is 4. The molecule has 1 aromatic carbocycles. The smallest absolute Gasteiger partial charge is 0.339 e. The van der Waals surface area contributed by atoms with E-state index in [1.807, 2.05) is 4.90 Å². The predicted molar refractivity (Wildman–Crippen MR) is 92.2 cm³/mol. The number of benzene rings is 1. The summed E-state index contributed by atoms with van der Waals surface area (Å²) in [6.07, 6.45) is 1.20. The van der Waals surface area contributed by atoms with Gasteiger partial charge in [0.1, 0.15) is 5.69 Å². The molecule has 0 spiro atoms. The molecule has 0 radical (unpaired) electrons. The minimum atomic E-state index is -0.858. The van der Waals surface area contributed by atoms with Gasteiger partial charge in [0, 0.05) is 25.7 Å². The van der Waals surface area contributed by atoms with E-state index in [2.05, 4.69) is 5.32 Å². The Bertz CT molecular complexity index is 702. The fourth-order valence-corrected chi connectivity index (χ4v) is 3.09. The van der Waals surface area contributed by atoms with Crippen molar-refractivity contribution in [2.24, 2.45) is 0 Å². The maximum atomic E-state index is 12.4. The van der Waals surface area contributed by atoms with Crippen LogP contribution in [0.1, 0.15) is 29.6 Å². The highest BCUT2D eigenvalue weighted by Crippen LogP contribution is 2.30. The lowest BCUT2D eigenvalue weighted by atomic mass is 10.1. The molecule has 1 aromatic rings. The largest absolute Gasteiger partial charge is 0.449 e. The van der Waals surface area contributed by atoms with Crippen LogP contribution in [0.5, 0.6) is 0 Å². The van der Waals surface area contributed by atoms with Crippen LogP contribution in [0.4, 0.5) is 11.4 Å². The SMILES string of the molecule is O=C(OC1CCCCNC1=O)c1ccc(N2CCOCC2)c([N+](=O)[O-])c1. The van der Waals surface area contributed by atoms with Crippen LogP contribution < -0.4 is 10.2 Å². The second kappa shape index (κ2) is 8.13. The molecule has 1 unspecified atom stereocenters.